The Hall–Kier alpha value is -1.05. The largest absolute Gasteiger partial charge is 0.385 e. The van der Waals surface area contributed by atoms with Gasteiger partial charge in [0.25, 0.3) is 10.0 Å². The van der Waals surface area contributed by atoms with Gasteiger partial charge in [0, 0.05) is 17.9 Å². The number of unbranched alkanes of at least 4 members (excludes halogenated alkanes) is 1. The minimum absolute atomic E-state index is 0.291. The Labute approximate surface area is 137 Å². The van der Waals surface area contributed by atoms with Gasteiger partial charge in [-0.05, 0) is 58.7 Å². The van der Waals surface area contributed by atoms with Crippen LogP contribution in [0.1, 0.15) is 19.8 Å². The molecular weight excluding hydrogens is 372 g/mol. The maximum atomic E-state index is 12.2. The van der Waals surface area contributed by atoms with E-state index in [4.69, 9.17) is 0 Å². The fourth-order valence-electron chi connectivity index (χ4n) is 1.71. The second-order valence-corrected chi connectivity index (χ2v) is 8.89. The van der Waals surface area contributed by atoms with E-state index in [-0.39, 0.29) is 0 Å². The summed E-state index contributed by atoms with van der Waals surface area (Å²) in [6, 6.07) is 10.6. The Balaban J connectivity index is 2.03. The van der Waals surface area contributed by atoms with E-state index in [1.54, 1.807) is 24.3 Å². The molecule has 7 heteroatoms. The highest BCUT2D eigenvalue weighted by atomic mass is 79.9. The van der Waals surface area contributed by atoms with Gasteiger partial charge in [0.05, 0.1) is 3.79 Å². The van der Waals surface area contributed by atoms with Crippen molar-refractivity contribution >= 4 is 48.7 Å². The Morgan fingerprint density at radius 2 is 1.76 bits per heavy atom. The van der Waals surface area contributed by atoms with Crippen molar-refractivity contribution < 1.29 is 8.42 Å². The summed E-state index contributed by atoms with van der Waals surface area (Å²) in [5.41, 5.74) is 1.55. The lowest BCUT2D eigenvalue weighted by atomic mass is 10.2. The summed E-state index contributed by atoms with van der Waals surface area (Å²) in [6.07, 6.45) is 2.25. The van der Waals surface area contributed by atoms with Crippen LogP contribution in [0.5, 0.6) is 0 Å². The second-order valence-electron chi connectivity index (χ2n) is 4.52. The van der Waals surface area contributed by atoms with Gasteiger partial charge in [0.15, 0.2) is 0 Å². The van der Waals surface area contributed by atoms with Crippen LogP contribution in [0.2, 0.25) is 0 Å². The number of benzene rings is 1. The van der Waals surface area contributed by atoms with Gasteiger partial charge in [-0.1, -0.05) is 13.3 Å². The first-order chi connectivity index (χ1) is 10.0. The molecule has 0 atom stereocenters. The van der Waals surface area contributed by atoms with Gasteiger partial charge in [-0.2, -0.15) is 0 Å². The molecule has 2 aromatic rings. The Kier molecular flexibility index (Phi) is 5.66. The van der Waals surface area contributed by atoms with Crippen LogP contribution < -0.4 is 10.0 Å². The maximum Gasteiger partial charge on any atom is 0.271 e. The van der Waals surface area contributed by atoms with E-state index in [0.717, 1.165) is 28.9 Å². The zero-order valence-corrected chi connectivity index (χ0v) is 14.8. The van der Waals surface area contributed by atoms with E-state index in [1.165, 1.54) is 11.3 Å². The van der Waals surface area contributed by atoms with Gasteiger partial charge in [-0.3, -0.25) is 4.72 Å². The molecule has 1 aromatic heterocycles. The molecular formula is C14H17BrN2O2S2. The topological polar surface area (TPSA) is 58.2 Å². The minimum atomic E-state index is -3.51. The van der Waals surface area contributed by atoms with Gasteiger partial charge in [0.1, 0.15) is 4.21 Å². The zero-order valence-electron chi connectivity index (χ0n) is 11.6. The van der Waals surface area contributed by atoms with Gasteiger partial charge >= 0.3 is 0 Å². The summed E-state index contributed by atoms with van der Waals surface area (Å²) < 4.78 is 28.0. The molecule has 0 fully saturated rings. The van der Waals surface area contributed by atoms with Crippen molar-refractivity contribution in [2.24, 2.45) is 0 Å². The van der Waals surface area contributed by atoms with Crippen molar-refractivity contribution in [3.63, 3.8) is 0 Å². The van der Waals surface area contributed by atoms with Crippen LogP contribution in [0, 0.1) is 0 Å². The summed E-state index contributed by atoms with van der Waals surface area (Å²) in [5.74, 6) is 0. The van der Waals surface area contributed by atoms with Gasteiger partial charge in [-0.25, -0.2) is 8.42 Å². The SMILES string of the molecule is CCCCNc1ccc(NS(=O)(=O)c2ccc(Br)s2)cc1. The second kappa shape index (κ2) is 7.29. The number of sulfonamides is 1. The highest BCUT2D eigenvalue weighted by Crippen LogP contribution is 2.27. The first-order valence-corrected chi connectivity index (χ1v) is 9.72. The third kappa shape index (κ3) is 4.72. The molecule has 2 rings (SSSR count). The Morgan fingerprint density at radius 1 is 1.10 bits per heavy atom. The lowest BCUT2D eigenvalue weighted by molar-refractivity contribution is 0.603. The summed E-state index contributed by atoms with van der Waals surface area (Å²) in [5, 5.41) is 3.29. The molecule has 21 heavy (non-hydrogen) atoms. The monoisotopic (exact) mass is 388 g/mol. The van der Waals surface area contributed by atoms with Crippen molar-refractivity contribution in [1.82, 2.24) is 0 Å². The number of hydrogen-bond acceptors (Lipinski definition) is 4. The molecule has 2 N–H and O–H groups in total. The lowest BCUT2D eigenvalue weighted by Gasteiger charge is -2.08. The summed E-state index contributed by atoms with van der Waals surface area (Å²) in [6.45, 7) is 3.06. The minimum Gasteiger partial charge on any atom is -0.385 e. The number of anilines is 2. The van der Waals surface area contributed by atoms with E-state index < -0.39 is 10.0 Å². The fraction of sp³-hybridized carbons (Fsp3) is 0.286. The quantitative estimate of drug-likeness (QED) is 0.685. The summed E-state index contributed by atoms with van der Waals surface area (Å²) >= 11 is 4.45. The average Bonchev–Trinajstić information content (AvgIpc) is 2.88. The smallest absolute Gasteiger partial charge is 0.271 e. The average molecular weight is 389 g/mol. The molecule has 114 valence electrons. The van der Waals surface area contributed by atoms with Crippen LogP contribution in [-0.4, -0.2) is 15.0 Å². The molecule has 4 nitrogen and oxygen atoms in total. The third-order valence-corrected chi connectivity index (χ3v) is 6.31. The fourth-order valence-corrected chi connectivity index (χ4v) is 4.78. The van der Waals surface area contributed by atoms with Crippen LogP contribution in [0.25, 0.3) is 0 Å². The normalized spacial score (nSPS) is 11.3. The van der Waals surface area contributed by atoms with E-state index >= 15 is 0 Å². The van der Waals surface area contributed by atoms with Crippen molar-refractivity contribution in [3.05, 3.63) is 40.2 Å². The molecule has 0 bridgehead atoms. The molecule has 0 radical (unpaired) electrons. The standard InChI is InChI=1S/C14H17BrN2O2S2/c1-2-3-10-16-11-4-6-12(7-5-11)17-21(18,19)14-9-8-13(15)20-14/h4-9,16-17H,2-3,10H2,1H3. The Morgan fingerprint density at radius 3 is 2.33 bits per heavy atom. The number of nitrogens with one attached hydrogen (secondary N) is 2. The van der Waals surface area contributed by atoms with Crippen LogP contribution in [0.15, 0.2) is 44.4 Å². The molecule has 0 unspecified atom stereocenters. The first kappa shape index (κ1) is 16.3. The van der Waals surface area contributed by atoms with Gasteiger partial charge < -0.3 is 5.32 Å². The molecule has 1 heterocycles. The van der Waals surface area contributed by atoms with E-state index in [2.05, 4.69) is 32.9 Å². The summed E-state index contributed by atoms with van der Waals surface area (Å²) in [4.78, 5) is 0. The van der Waals surface area contributed by atoms with Crippen LogP contribution in [-0.2, 0) is 10.0 Å². The van der Waals surface area contributed by atoms with Crippen LogP contribution >= 0.6 is 27.3 Å². The molecule has 0 aliphatic carbocycles. The highest BCUT2D eigenvalue weighted by molar-refractivity contribution is 9.11. The third-order valence-electron chi connectivity index (χ3n) is 2.81. The number of halogens is 1. The predicted molar refractivity (Wildman–Crippen MR) is 92.7 cm³/mol. The number of thiophene rings is 1. The van der Waals surface area contributed by atoms with E-state index in [0.29, 0.717) is 9.90 Å². The predicted octanol–water partition coefficient (Wildman–Crippen LogP) is 4.52. The molecule has 0 aliphatic heterocycles. The van der Waals surface area contributed by atoms with Gasteiger partial charge in [-0.15, -0.1) is 11.3 Å². The van der Waals surface area contributed by atoms with Crippen LogP contribution in [0.3, 0.4) is 0 Å². The van der Waals surface area contributed by atoms with Crippen molar-refractivity contribution in [2.75, 3.05) is 16.6 Å². The number of hydrogen-bond donors (Lipinski definition) is 2. The molecule has 0 spiro atoms. The maximum absolute atomic E-state index is 12.2. The highest BCUT2D eigenvalue weighted by Gasteiger charge is 2.16. The van der Waals surface area contributed by atoms with Crippen molar-refractivity contribution in [2.45, 2.75) is 24.0 Å². The number of rotatable bonds is 7. The van der Waals surface area contributed by atoms with Gasteiger partial charge in [0.2, 0.25) is 0 Å². The zero-order chi connectivity index (χ0) is 15.3. The first-order valence-electron chi connectivity index (χ1n) is 6.63. The molecule has 1 aromatic carbocycles. The van der Waals surface area contributed by atoms with Crippen molar-refractivity contribution in [1.29, 1.82) is 0 Å². The van der Waals surface area contributed by atoms with E-state index in [9.17, 15) is 8.42 Å². The van der Waals surface area contributed by atoms with Crippen molar-refractivity contribution in [3.8, 4) is 0 Å². The molecule has 0 saturated carbocycles. The molecule has 0 amide bonds. The molecule has 0 saturated heterocycles. The van der Waals surface area contributed by atoms with E-state index in [1.807, 2.05) is 12.1 Å². The molecule has 0 aliphatic rings. The Bertz CT molecular complexity index is 681. The lowest BCUT2D eigenvalue weighted by Crippen LogP contribution is -2.11. The van der Waals surface area contributed by atoms with Crippen LogP contribution in [0.4, 0.5) is 11.4 Å². The summed E-state index contributed by atoms with van der Waals surface area (Å²) in [7, 11) is -3.51.